The number of hydrogen-bond acceptors (Lipinski definition) is 3. The minimum absolute atomic E-state index is 0.218. The molecule has 1 aromatic carbocycles. The van der Waals surface area contributed by atoms with E-state index in [0.717, 1.165) is 11.3 Å². The van der Waals surface area contributed by atoms with Crippen LogP contribution in [0.3, 0.4) is 0 Å². The van der Waals surface area contributed by atoms with Crippen LogP contribution in [0.25, 0.3) is 0 Å². The molecule has 3 heteroatoms. The number of carbonyl (C=O) groups is 1. The lowest BCUT2D eigenvalue weighted by Gasteiger charge is -2.18. The molecule has 2 rings (SSSR count). The van der Waals surface area contributed by atoms with Gasteiger partial charge in [0, 0.05) is 12.1 Å². The molecule has 1 aliphatic rings. The number of cyclic esters (lactones) is 1. The number of esters is 1. The molecule has 0 fully saturated rings. The van der Waals surface area contributed by atoms with Crippen LogP contribution in [0.15, 0.2) is 35.3 Å². The van der Waals surface area contributed by atoms with Crippen molar-refractivity contribution >= 4 is 11.7 Å². The summed E-state index contributed by atoms with van der Waals surface area (Å²) in [4.78, 5) is 15.7. The molecule has 15 heavy (non-hydrogen) atoms. The van der Waals surface area contributed by atoms with Crippen molar-refractivity contribution in [3.8, 4) is 0 Å². The van der Waals surface area contributed by atoms with Crippen molar-refractivity contribution in [1.82, 2.24) is 0 Å². The Balaban J connectivity index is 2.11. The summed E-state index contributed by atoms with van der Waals surface area (Å²) in [6, 6.07) is 9.50. The average molecular weight is 203 g/mol. The van der Waals surface area contributed by atoms with Crippen LogP contribution in [0.2, 0.25) is 0 Å². The van der Waals surface area contributed by atoms with E-state index in [1.807, 2.05) is 37.3 Å². The molecule has 0 N–H and O–H groups in total. The number of rotatable bonds is 2. The fourth-order valence-corrected chi connectivity index (χ4v) is 1.59. The Morgan fingerprint density at radius 1 is 1.40 bits per heavy atom. The molecule has 0 radical (unpaired) electrons. The highest BCUT2D eigenvalue weighted by Gasteiger charge is 2.23. The van der Waals surface area contributed by atoms with Gasteiger partial charge in [-0.2, -0.15) is 0 Å². The van der Waals surface area contributed by atoms with Crippen molar-refractivity contribution in [3.63, 3.8) is 0 Å². The van der Waals surface area contributed by atoms with E-state index in [0.29, 0.717) is 13.0 Å². The first-order chi connectivity index (χ1) is 7.25. The van der Waals surface area contributed by atoms with Gasteiger partial charge < -0.3 is 4.74 Å². The van der Waals surface area contributed by atoms with Gasteiger partial charge in [0.1, 0.15) is 6.61 Å². The Bertz CT molecular complexity index is 384. The van der Waals surface area contributed by atoms with E-state index in [-0.39, 0.29) is 12.0 Å². The lowest BCUT2D eigenvalue weighted by molar-refractivity contribution is -0.144. The summed E-state index contributed by atoms with van der Waals surface area (Å²) in [5, 5.41) is 0. The summed E-state index contributed by atoms with van der Waals surface area (Å²) >= 11 is 0. The average Bonchev–Trinajstić information content (AvgIpc) is 2.25. The highest BCUT2D eigenvalue weighted by molar-refractivity contribution is 5.91. The molecule has 0 bridgehead atoms. The van der Waals surface area contributed by atoms with Crippen molar-refractivity contribution < 1.29 is 9.53 Å². The third kappa shape index (κ3) is 2.43. The zero-order valence-corrected chi connectivity index (χ0v) is 8.64. The zero-order valence-electron chi connectivity index (χ0n) is 8.64. The maximum Gasteiger partial charge on any atom is 0.331 e. The summed E-state index contributed by atoms with van der Waals surface area (Å²) in [5.41, 5.74) is 1.99. The van der Waals surface area contributed by atoms with Gasteiger partial charge in [-0.3, -0.25) is 4.99 Å². The van der Waals surface area contributed by atoms with Gasteiger partial charge in [0.05, 0.1) is 0 Å². The fraction of sp³-hybridized carbons (Fsp3) is 0.333. The van der Waals surface area contributed by atoms with Crippen LogP contribution in [0.5, 0.6) is 0 Å². The van der Waals surface area contributed by atoms with Gasteiger partial charge in [0.15, 0.2) is 6.04 Å². The summed E-state index contributed by atoms with van der Waals surface area (Å²) < 4.78 is 5.01. The number of aliphatic imine (C=N–C) groups is 1. The lowest BCUT2D eigenvalue weighted by atomic mass is 10.1. The van der Waals surface area contributed by atoms with Gasteiger partial charge in [-0.1, -0.05) is 30.3 Å². The molecule has 1 unspecified atom stereocenters. The number of carbonyl (C=O) groups excluding carboxylic acids is 1. The van der Waals surface area contributed by atoms with Crippen molar-refractivity contribution in [1.29, 1.82) is 0 Å². The third-order valence-corrected chi connectivity index (χ3v) is 2.34. The minimum Gasteiger partial charge on any atom is -0.458 e. The van der Waals surface area contributed by atoms with Crippen molar-refractivity contribution in [2.75, 3.05) is 6.61 Å². The Hall–Kier alpha value is -1.64. The first-order valence-electron chi connectivity index (χ1n) is 4.99. The van der Waals surface area contributed by atoms with Crippen LogP contribution < -0.4 is 0 Å². The molecule has 0 aliphatic carbocycles. The molecule has 0 aromatic heterocycles. The quantitative estimate of drug-likeness (QED) is 0.685. The molecule has 0 saturated carbocycles. The Morgan fingerprint density at radius 2 is 2.13 bits per heavy atom. The van der Waals surface area contributed by atoms with E-state index >= 15 is 0 Å². The van der Waals surface area contributed by atoms with Gasteiger partial charge in [-0.15, -0.1) is 0 Å². The smallest absolute Gasteiger partial charge is 0.331 e. The van der Waals surface area contributed by atoms with Crippen LogP contribution >= 0.6 is 0 Å². The predicted molar refractivity (Wildman–Crippen MR) is 58.0 cm³/mol. The van der Waals surface area contributed by atoms with E-state index in [4.69, 9.17) is 4.74 Å². The topological polar surface area (TPSA) is 38.7 Å². The molecule has 1 atom stereocenters. The number of hydrogen-bond donors (Lipinski definition) is 0. The SMILES string of the molecule is CC1=NC(Cc2ccccc2)C(=O)OC1. The van der Waals surface area contributed by atoms with E-state index in [1.54, 1.807) is 0 Å². The van der Waals surface area contributed by atoms with Crippen LogP contribution in [-0.2, 0) is 16.0 Å². The van der Waals surface area contributed by atoms with Gasteiger partial charge in [-0.25, -0.2) is 4.79 Å². The monoisotopic (exact) mass is 203 g/mol. The largest absolute Gasteiger partial charge is 0.458 e. The third-order valence-electron chi connectivity index (χ3n) is 2.34. The van der Waals surface area contributed by atoms with Crippen LogP contribution in [-0.4, -0.2) is 24.3 Å². The van der Waals surface area contributed by atoms with Gasteiger partial charge in [0.2, 0.25) is 0 Å². The van der Waals surface area contributed by atoms with Crippen LogP contribution in [0.4, 0.5) is 0 Å². The first-order valence-corrected chi connectivity index (χ1v) is 4.99. The second kappa shape index (κ2) is 4.26. The maximum absolute atomic E-state index is 11.4. The van der Waals surface area contributed by atoms with Crippen molar-refractivity contribution in [3.05, 3.63) is 35.9 Å². The molecule has 1 aromatic rings. The maximum atomic E-state index is 11.4. The minimum atomic E-state index is -0.360. The van der Waals surface area contributed by atoms with Crippen molar-refractivity contribution in [2.45, 2.75) is 19.4 Å². The van der Waals surface area contributed by atoms with Crippen LogP contribution in [0.1, 0.15) is 12.5 Å². The molecule has 0 spiro atoms. The molecule has 0 saturated heterocycles. The molecule has 78 valence electrons. The standard InChI is InChI=1S/C12H13NO2/c1-9-8-15-12(14)11(13-9)7-10-5-3-2-4-6-10/h2-6,11H,7-8H2,1H3. The zero-order chi connectivity index (χ0) is 10.7. The van der Waals surface area contributed by atoms with Gasteiger partial charge in [0.25, 0.3) is 0 Å². The summed E-state index contributed by atoms with van der Waals surface area (Å²) in [6.45, 7) is 2.22. The Labute approximate surface area is 88.8 Å². The number of nitrogens with zero attached hydrogens (tertiary/aromatic N) is 1. The fourth-order valence-electron chi connectivity index (χ4n) is 1.59. The first kappa shape index (κ1) is 9.90. The molecular formula is C12H13NO2. The second-order valence-electron chi connectivity index (χ2n) is 3.68. The summed E-state index contributed by atoms with van der Waals surface area (Å²) in [7, 11) is 0. The summed E-state index contributed by atoms with van der Waals surface area (Å²) in [5.74, 6) is -0.218. The van der Waals surface area contributed by atoms with Gasteiger partial charge in [-0.05, 0) is 12.5 Å². The summed E-state index contributed by atoms with van der Waals surface area (Å²) in [6.07, 6.45) is 0.622. The number of benzene rings is 1. The highest BCUT2D eigenvalue weighted by Crippen LogP contribution is 2.10. The lowest BCUT2D eigenvalue weighted by Crippen LogP contribution is -2.31. The Morgan fingerprint density at radius 3 is 2.87 bits per heavy atom. The van der Waals surface area contributed by atoms with E-state index in [2.05, 4.69) is 4.99 Å². The predicted octanol–water partition coefficient (Wildman–Crippen LogP) is 1.62. The molecule has 0 amide bonds. The Kier molecular flexibility index (Phi) is 2.81. The normalized spacial score (nSPS) is 20.7. The van der Waals surface area contributed by atoms with E-state index in [1.165, 1.54) is 0 Å². The van der Waals surface area contributed by atoms with Crippen molar-refractivity contribution in [2.24, 2.45) is 4.99 Å². The van der Waals surface area contributed by atoms with E-state index < -0.39 is 0 Å². The highest BCUT2D eigenvalue weighted by atomic mass is 16.5. The van der Waals surface area contributed by atoms with Crippen LogP contribution in [0, 0.1) is 0 Å². The van der Waals surface area contributed by atoms with E-state index in [9.17, 15) is 4.79 Å². The number of ether oxygens (including phenoxy) is 1. The van der Waals surface area contributed by atoms with Gasteiger partial charge >= 0.3 is 5.97 Å². The molecule has 1 aliphatic heterocycles. The molecule has 1 heterocycles. The molecular weight excluding hydrogens is 190 g/mol. The molecule has 3 nitrogen and oxygen atoms in total. The second-order valence-corrected chi connectivity index (χ2v) is 3.68.